The van der Waals surface area contributed by atoms with Crippen molar-refractivity contribution in [1.29, 1.82) is 0 Å². The molecule has 1 aliphatic heterocycles. The third-order valence-electron chi connectivity index (χ3n) is 1.48. The molecule has 0 spiro atoms. The van der Waals surface area contributed by atoms with Crippen molar-refractivity contribution >= 4 is 15.9 Å². The van der Waals surface area contributed by atoms with Gasteiger partial charge in [0.2, 0.25) is 0 Å². The molecule has 3 heteroatoms. The Morgan fingerprint density at radius 1 is 1.00 bits per heavy atom. The number of rotatable bonds is 3. The zero-order valence-corrected chi connectivity index (χ0v) is 9.44. The van der Waals surface area contributed by atoms with Crippen LogP contribution in [0.3, 0.4) is 0 Å². The van der Waals surface area contributed by atoms with Crippen LogP contribution in [0.25, 0.3) is 0 Å². The van der Waals surface area contributed by atoms with Crippen molar-refractivity contribution in [3.63, 3.8) is 0 Å². The summed E-state index contributed by atoms with van der Waals surface area (Å²) in [5.41, 5.74) is 0. The Kier molecular flexibility index (Phi) is 11.8. The highest BCUT2D eigenvalue weighted by atomic mass is 79.9. The average molecular weight is 239 g/mol. The Bertz CT molecular complexity index is 59.4. The van der Waals surface area contributed by atoms with Crippen LogP contribution in [0.15, 0.2) is 0 Å². The van der Waals surface area contributed by atoms with E-state index < -0.39 is 0 Å². The van der Waals surface area contributed by atoms with Gasteiger partial charge in [-0.15, -0.1) is 0 Å². The Hall–Kier alpha value is 0.400. The lowest BCUT2D eigenvalue weighted by molar-refractivity contribution is -0.0334. The minimum Gasteiger partial charge on any atom is -0.377 e. The highest BCUT2D eigenvalue weighted by Crippen LogP contribution is 1.95. The molecule has 0 bridgehead atoms. The van der Waals surface area contributed by atoms with Gasteiger partial charge in [0.15, 0.2) is 0 Å². The molecule has 0 aliphatic carbocycles. The van der Waals surface area contributed by atoms with Crippen LogP contribution >= 0.6 is 15.9 Å². The van der Waals surface area contributed by atoms with Crippen molar-refractivity contribution in [2.45, 2.75) is 26.2 Å². The molecule has 0 atom stereocenters. The first-order valence-corrected chi connectivity index (χ1v) is 5.75. The van der Waals surface area contributed by atoms with E-state index in [1.54, 1.807) is 0 Å². The molecule has 1 aliphatic rings. The fraction of sp³-hybridized carbons (Fsp3) is 1.00. The lowest BCUT2D eigenvalue weighted by Crippen LogP contribution is -2.16. The van der Waals surface area contributed by atoms with Crippen molar-refractivity contribution in [3.05, 3.63) is 0 Å². The van der Waals surface area contributed by atoms with Crippen LogP contribution in [0.5, 0.6) is 0 Å². The first kappa shape index (κ1) is 12.4. The van der Waals surface area contributed by atoms with Crippen molar-refractivity contribution in [2.24, 2.45) is 0 Å². The minimum atomic E-state index is 0.778. The van der Waals surface area contributed by atoms with Crippen LogP contribution in [-0.4, -0.2) is 31.8 Å². The van der Waals surface area contributed by atoms with Gasteiger partial charge in [-0.25, -0.2) is 0 Å². The van der Waals surface area contributed by atoms with Gasteiger partial charge in [0.05, 0.1) is 26.4 Å². The summed E-state index contributed by atoms with van der Waals surface area (Å²) in [6.45, 7) is 5.32. The van der Waals surface area contributed by atoms with Gasteiger partial charge in [-0.2, -0.15) is 0 Å². The van der Waals surface area contributed by atoms with E-state index in [1.165, 1.54) is 24.6 Å². The Labute approximate surface area is 83.8 Å². The SMILES string of the molecule is C1COCCO1.CCCCCBr. The third-order valence-corrected chi connectivity index (χ3v) is 2.04. The molecule has 1 rings (SSSR count). The maximum Gasteiger partial charge on any atom is 0.0701 e. The number of hydrogen-bond acceptors (Lipinski definition) is 2. The van der Waals surface area contributed by atoms with E-state index >= 15 is 0 Å². The van der Waals surface area contributed by atoms with Crippen LogP contribution in [0.2, 0.25) is 0 Å². The van der Waals surface area contributed by atoms with Gasteiger partial charge in [-0.3, -0.25) is 0 Å². The first-order chi connectivity index (χ1) is 5.91. The van der Waals surface area contributed by atoms with Gasteiger partial charge in [-0.05, 0) is 6.42 Å². The Morgan fingerprint density at radius 2 is 1.50 bits per heavy atom. The zero-order chi connectivity index (χ0) is 9.07. The Morgan fingerprint density at radius 3 is 1.67 bits per heavy atom. The summed E-state index contributed by atoms with van der Waals surface area (Å²) in [7, 11) is 0. The monoisotopic (exact) mass is 238 g/mol. The topological polar surface area (TPSA) is 18.5 Å². The summed E-state index contributed by atoms with van der Waals surface area (Å²) in [4.78, 5) is 0. The van der Waals surface area contributed by atoms with E-state index in [2.05, 4.69) is 22.9 Å². The van der Waals surface area contributed by atoms with Gasteiger partial charge in [0, 0.05) is 5.33 Å². The second-order valence-corrected chi connectivity index (χ2v) is 3.41. The number of hydrogen-bond donors (Lipinski definition) is 0. The standard InChI is InChI=1S/C5H11Br.C4H8O2/c1-2-3-4-5-6;1-2-6-4-3-5-1/h2-5H2,1H3;1-4H2. The molecule has 0 radical (unpaired) electrons. The number of ether oxygens (including phenoxy) is 2. The van der Waals surface area contributed by atoms with Crippen LogP contribution in [0.4, 0.5) is 0 Å². The molecular weight excluding hydrogens is 220 g/mol. The van der Waals surface area contributed by atoms with Gasteiger partial charge >= 0.3 is 0 Å². The quantitative estimate of drug-likeness (QED) is 0.556. The molecule has 0 aromatic heterocycles. The van der Waals surface area contributed by atoms with Crippen molar-refractivity contribution < 1.29 is 9.47 Å². The molecule has 2 nitrogen and oxygen atoms in total. The predicted octanol–water partition coefficient (Wildman–Crippen LogP) is 2.60. The van der Waals surface area contributed by atoms with Gasteiger partial charge in [0.1, 0.15) is 0 Å². The molecule has 0 unspecified atom stereocenters. The molecule has 74 valence electrons. The smallest absolute Gasteiger partial charge is 0.0701 e. The van der Waals surface area contributed by atoms with E-state index in [4.69, 9.17) is 9.47 Å². The third kappa shape index (κ3) is 10.4. The molecule has 0 amide bonds. The highest BCUT2D eigenvalue weighted by molar-refractivity contribution is 9.09. The highest BCUT2D eigenvalue weighted by Gasteiger charge is 1.94. The van der Waals surface area contributed by atoms with Crippen molar-refractivity contribution in [1.82, 2.24) is 0 Å². The van der Waals surface area contributed by atoms with Crippen molar-refractivity contribution in [2.75, 3.05) is 31.8 Å². The summed E-state index contributed by atoms with van der Waals surface area (Å²) in [6.07, 6.45) is 4.02. The average Bonchev–Trinajstić information content (AvgIpc) is 2.18. The van der Waals surface area contributed by atoms with E-state index in [0.29, 0.717) is 0 Å². The fourth-order valence-corrected chi connectivity index (χ4v) is 1.18. The molecule has 1 fully saturated rings. The zero-order valence-electron chi connectivity index (χ0n) is 7.85. The van der Waals surface area contributed by atoms with E-state index in [9.17, 15) is 0 Å². The predicted molar refractivity (Wildman–Crippen MR) is 55.0 cm³/mol. The van der Waals surface area contributed by atoms with Crippen LogP contribution in [-0.2, 0) is 9.47 Å². The van der Waals surface area contributed by atoms with Crippen LogP contribution < -0.4 is 0 Å². The molecule has 0 N–H and O–H groups in total. The van der Waals surface area contributed by atoms with Gasteiger partial charge in [0.25, 0.3) is 0 Å². The lowest BCUT2D eigenvalue weighted by Gasteiger charge is -2.09. The second-order valence-electron chi connectivity index (χ2n) is 2.62. The second kappa shape index (κ2) is 11.4. The van der Waals surface area contributed by atoms with E-state index in [-0.39, 0.29) is 0 Å². The van der Waals surface area contributed by atoms with E-state index in [1.807, 2.05) is 0 Å². The largest absolute Gasteiger partial charge is 0.377 e. The maximum atomic E-state index is 4.94. The molecule has 1 heterocycles. The normalized spacial score (nSPS) is 16.5. The maximum absolute atomic E-state index is 4.94. The van der Waals surface area contributed by atoms with Crippen LogP contribution in [0, 0.1) is 0 Å². The van der Waals surface area contributed by atoms with Gasteiger partial charge in [-0.1, -0.05) is 35.7 Å². The summed E-state index contributed by atoms with van der Waals surface area (Å²) >= 11 is 3.35. The van der Waals surface area contributed by atoms with Crippen LogP contribution in [0.1, 0.15) is 26.2 Å². The minimum absolute atomic E-state index is 0.778. The molecule has 0 saturated carbocycles. The number of alkyl halides is 1. The summed E-state index contributed by atoms with van der Waals surface area (Å²) in [6, 6.07) is 0. The lowest BCUT2D eigenvalue weighted by atomic mass is 10.3. The molecule has 1 saturated heterocycles. The van der Waals surface area contributed by atoms with Crippen molar-refractivity contribution in [3.8, 4) is 0 Å². The molecule has 0 aromatic carbocycles. The summed E-state index contributed by atoms with van der Waals surface area (Å²) < 4.78 is 9.89. The Balaban J connectivity index is 0.000000202. The number of unbranched alkanes of at least 4 members (excludes halogenated alkanes) is 2. The summed E-state index contributed by atoms with van der Waals surface area (Å²) in [5.74, 6) is 0. The molecule has 0 aromatic rings. The first-order valence-electron chi connectivity index (χ1n) is 4.63. The molecule has 12 heavy (non-hydrogen) atoms. The van der Waals surface area contributed by atoms with Gasteiger partial charge < -0.3 is 9.47 Å². The number of halogens is 1. The summed E-state index contributed by atoms with van der Waals surface area (Å²) in [5, 5.41) is 1.17. The van der Waals surface area contributed by atoms with E-state index in [0.717, 1.165) is 26.4 Å². The molecular formula is C9H19BrO2. The fourth-order valence-electron chi connectivity index (χ4n) is 0.784.